The van der Waals surface area contributed by atoms with Gasteiger partial charge in [0.25, 0.3) is 0 Å². The molecule has 0 N–H and O–H groups in total. The van der Waals surface area contributed by atoms with Crippen molar-refractivity contribution in [3.8, 4) is 0 Å². The van der Waals surface area contributed by atoms with Crippen molar-refractivity contribution in [1.29, 1.82) is 0 Å². The van der Waals surface area contributed by atoms with Crippen LogP contribution >= 0.6 is 0 Å². The number of benzene rings is 1. The number of hydrogen-bond acceptors (Lipinski definition) is 1. The maximum Gasteiger partial charge on any atom is 0.0450 e. The van der Waals surface area contributed by atoms with Crippen LogP contribution in [0.1, 0.15) is 91.2 Å². The SMILES string of the molecule is C=C(CCC)C1=CC(C)CC(C)C(=NC)/C1=C(/C)CCc1ccc(CC2=CC=CCC2)cc1.CC. The largest absolute Gasteiger partial charge is 0.292 e. The quantitative estimate of drug-likeness (QED) is 0.358. The zero-order valence-corrected chi connectivity index (χ0v) is 23.6. The van der Waals surface area contributed by atoms with Gasteiger partial charge in [-0.2, -0.15) is 0 Å². The lowest BCUT2D eigenvalue weighted by Crippen LogP contribution is -2.16. The predicted octanol–water partition coefficient (Wildman–Crippen LogP) is 9.81. The summed E-state index contributed by atoms with van der Waals surface area (Å²) in [5.74, 6) is 1.02. The highest BCUT2D eigenvalue weighted by Crippen LogP contribution is 2.36. The number of aryl methyl sites for hydroxylation is 1. The van der Waals surface area contributed by atoms with Gasteiger partial charge in [-0.05, 0) is 86.0 Å². The summed E-state index contributed by atoms with van der Waals surface area (Å²) in [6, 6.07) is 9.29. The predicted molar refractivity (Wildman–Crippen MR) is 157 cm³/mol. The smallest absolute Gasteiger partial charge is 0.0450 e. The minimum atomic E-state index is 0.473. The Morgan fingerprint density at radius 1 is 1.06 bits per heavy atom. The molecule has 0 aliphatic heterocycles. The topological polar surface area (TPSA) is 12.4 Å². The normalized spacial score (nSPS) is 22.5. The molecule has 2 atom stereocenters. The standard InChI is InChI=1S/C32H43N.C2H6/c1-7-11-24(3)30-21-23(2)20-26(5)32(33-6)31(30)25(4)14-15-27-16-18-29(19-17-27)22-28-12-9-8-10-13-28;1-2/h8-9,12,16-19,21,23,26H,3,7,10-11,13-15,20,22H2,1-2,4-6H3;1-2H3/b31-25-,33-32?;. The van der Waals surface area contributed by atoms with Crippen molar-refractivity contribution in [2.24, 2.45) is 16.8 Å². The van der Waals surface area contributed by atoms with E-state index in [4.69, 9.17) is 4.99 Å². The molecule has 2 aliphatic carbocycles. The summed E-state index contributed by atoms with van der Waals surface area (Å²) in [4.78, 5) is 4.81. The third-order valence-electron chi connectivity index (χ3n) is 7.11. The summed E-state index contributed by atoms with van der Waals surface area (Å²) >= 11 is 0. The Morgan fingerprint density at radius 3 is 2.34 bits per heavy atom. The fourth-order valence-electron chi connectivity index (χ4n) is 5.34. The molecule has 2 unspecified atom stereocenters. The Morgan fingerprint density at radius 2 is 1.74 bits per heavy atom. The van der Waals surface area contributed by atoms with Gasteiger partial charge in [0.05, 0.1) is 0 Å². The molecule has 1 aromatic carbocycles. The number of rotatable bonds is 8. The van der Waals surface area contributed by atoms with Gasteiger partial charge in [-0.15, -0.1) is 0 Å². The van der Waals surface area contributed by atoms with E-state index >= 15 is 0 Å². The van der Waals surface area contributed by atoms with Crippen LogP contribution in [0.3, 0.4) is 0 Å². The van der Waals surface area contributed by atoms with Gasteiger partial charge in [0, 0.05) is 18.3 Å². The Balaban J connectivity index is 0.00000210. The summed E-state index contributed by atoms with van der Waals surface area (Å²) < 4.78 is 0. The van der Waals surface area contributed by atoms with Gasteiger partial charge < -0.3 is 0 Å². The molecule has 3 rings (SSSR count). The van der Waals surface area contributed by atoms with Crippen molar-refractivity contribution in [3.05, 3.63) is 94.1 Å². The Labute approximate surface area is 216 Å². The Kier molecular flexibility index (Phi) is 12.2. The van der Waals surface area contributed by atoms with Gasteiger partial charge in [0.1, 0.15) is 0 Å². The number of aliphatic imine (C=N–C) groups is 1. The molecule has 190 valence electrons. The minimum Gasteiger partial charge on any atom is -0.292 e. The summed E-state index contributed by atoms with van der Waals surface area (Å²) in [7, 11) is 1.96. The maximum absolute atomic E-state index is 4.81. The van der Waals surface area contributed by atoms with E-state index in [1.165, 1.54) is 52.0 Å². The van der Waals surface area contributed by atoms with Gasteiger partial charge in [0.15, 0.2) is 0 Å². The van der Waals surface area contributed by atoms with E-state index in [1.54, 1.807) is 5.57 Å². The van der Waals surface area contributed by atoms with E-state index in [0.717, 1.165) is 38.5 Å². The van der Waals surface area contributed by atoms with Crippen molar-refractivity contribution in [2.75, 3.05) is 7.05 Å². The molecular weight excluding hydrogens is 422 g/mol. The molecule has 0 heterocycles. The molecule has 0 aromatic heterocycles. The molecule has 0 fully saturated rings. The minimum absolute atomic E-state index is 0.473. The first-order valence-electron chi connectivity index (χ1n) is 13.9. The second-order valence-electron chi connectivity index (χ2n) is 10.1. The van der Waals surface area contributed by atoms with Gasteiger partial charge in [-0.1, -0.05) is 107 Å². The van der Waals surface area contributed by atoms with Crippen LogP contribution in [0, 0.1) is 11.8 Å². The fraction of sp³-hybridized carbons (Fsp3) is 0.500. The molecule has 0 bridgehead atoms. The first-order chi connectivity index (χ1) is 16.9. The van der Waals surface area contributed by atoms with E-state index in [-0.39, 0.29) is 0 Å². The molecule has 1 aromatic rings. The highest BCUT2D eigenvalue weighted by Gasteiger charge is 2.26. The van der Waals surface area contributed by atoms with Crippen LogP contribution in [0.5, 0.6) is 0 Å². The summed E-state index contributed by atoms with van der Waals surface area (Å²) in [6.07, 6.45) is 18.1. The van der Waals surface area contributed by atoms with Crippen LogP contribution in [0.4, 0.5) is 0 Å². The lowest BCUT2D eigenvalue weighted by molar-refractivity contribution is 0.570. The average molecular weight is 472 g/mol. The van der Waals surface area contributed by atoms with Crippen molar-refractivity contribution in [2.45, 2.75) is 92.9 Å². The molecule has 1 nitrogen and oxygen atoms in total. The lowest BCUT2D eigenvalue weighted by atomic mass is 9.85. The van der Waals surface area contributed by atoms with Crippen molar-refractivity contribution < 1.29 is 0 Å². The van der Waals surface area contributed by atoms with E-state index in [1.807, 2.05) is 20.9 Å². The lowest BCUT2D eigenvalue weighted by Gasteiger charge is -2.21. The number of hydrogen-bond donors (Lipinski definition) is 0. The van der Waals surface area contributed by atoms with Gasteiger partial charge in [0.2, 0.25) is 0 Å². The van der Waals surface area contributed by atoms with Crippen molar-refractivity contribution >= 4 is 5.71 Å². The summed E-state index contributed by atoms with van der Waals surface area (Å²) in [6.45, 7) is 17.7. The highest BCUT2D eigenvalue weighted by molar-refractivity contribution is 6.07. The third kappa shape index (κ3) is 8.34. The Hall–Kier alpha value is -2.41. The fourth-order valence-corrected chi connectivity index (χ4v) is 5.34. The first-order valence-corrected chi connectivity index (χ1v) is 13.9. The number of nitrogens with zero attached hydrogens (tertiary/aromatic N) is 1. The van der Waals surface area contributed by atoms with Crippen LogP contribution in [0.25, 0.3) is 0 Å². The second-order valence-corrected chi connectivity index (χ2v) is 10.1. The van der Waals surface area contributed by atoms with Gasteiger partial charge >= 0.3 is 0 Å². The first kappa shape index (κ1) is 28.8. The summed E-state index contributed by atoms with van der Waals surface area (Å²) in [5.41, 5.74) is 11.1. The molecule has 35 heavy (non-hydrogen) atoms. The van der Waals surface area contributed by atoms with Crippen molar-refractivity contribution in [1.82, 2.24) is 0 Å². The zero-order chi connectivity index (χ0) is 25.8. The molecule has 0 saturated heterocycles. The summed E-state index contributed by atoms with van der Waals surface area (Å²) in [5, 5.41) is 0. The van der Waals surface area contributed by atoms with E-state index in [0.29, 0.717) is 11.8 Å². The van der Waals surface area contributed by atoms with Crippen LogP contribution in [0.15, 0.2) is 88.0 Å². The molecule has 0 amide bonds. The Bertz CT molecular complexity index is 978. The zero-order valence-electron chi connectivity index (χ0n) is 23.6. The molecule has 1 heteroatoms. The highest BCUT2D eigenvalue weighted by atomic mass is 14.7. The van der Waals surface area contributed by atoms with Crippen LogP contribution in [0.2, 0.25) is 0 Å². The van der Waals surface area contributed by atoms with Crippen LogP contribution < -0.4 is 0 Å². The average Bonchev–Trinajstić information content (AvgIpc) is 3.00. The van der Waals surface area contributed by atoms with Gasteiger partial charge in [-0.3, -0.25) is 4.99 Å². The third-order valence-corrected chi connectivity index (χ3v) is 7.11. The maximum atomic E-state index is 4.81. The molecular formula is C34H49N. The second kappa shape index (κ2) is 14.9. The van der Waals surface area contributed by atoms with E-state index < -0.39 is 0 Å². The van der Waals surface area contributed by atoms with Crippen LogP contribution in [-0.4, -0.2) is 12.8 Å². The number of allylic oxidation sites excluding steroid dienone is 9. The van der Waals surface area contributed by atoms with Crippen molar-refractivity contribution in [3.63, 3.8) is 0 Å². The molecule has 0 saturated carbocycles. The molecule has 0 spiro atoms. The van der Waals surface area contributed by atoms with Gasteiger partial charge in [-0.25, -0.2) is 0 Å². The van der Waals surface area contributed by atoms with E-state index in [9.17, 15) is 0 Å². The van der Waals surface area contributed by atoms with Crippen LogP contribution in [-0.2, 0) is 12.8 Å². The van der Waals surface area contributed by atoms with E-state index in [2.05, 4.69) is 82.8 Å². The monoisotopic (exact) mass is 471 g/mol. The molecule has 0 radical (unpaired) electrons. The molecule has 2 aliphatic rings.